The van der Waals surface area contributed by atoms with Crippen LogP contribution in [0.4, 0.5) is 10.6 Å². The van der Waals surface area contributed by atoms with E-state index in [4.69, 9.17) is 9.47 Å². The third-order valence-electron chi connectivity index (χ3n) is 3.94. The molecule has 2 aromatic rings. The summed E-state index contributed by atoms with van der Waals surface area (Å²) in [5.74, 6) is 1.48. The molecular weight excluding hydrogens is 352 g/mol. The Morgan fingerprint density at radius 1 is 1.31 bits per heavy atom. The molecule has 2 amide bonds. The number of rotatable bonds is 5. The van der Waals surface area contributed by atoms with Crippen molar-refractivity contribution in [1.29, 1.82) is 0 Å². The van der Waals surface area contributed by atoms with Crippen molar-refractivity contribution in [3.63, 3.8) is 0 Å². The summed E-state index contributed by atoms with van der Waals surface area (Å²) in [7, 11) is 1.55. The Balaban J connectivity index is 1.84. The van der Waals surface area contributed by atoms with Gasteiger partial charge in [-0.15, -0.1) is 11.8 Å². The van der Waals surface area contributed by atoms with Gasteiger partial charge in [-0.05, 0) is 38.0 Å². The highest BCUT2D eigenvalue weighted by atomic mass is 32.2. The van der Waals surface area contributed by atoms with Gasteiger partial charge in [0.1, 0.15) is 5.75 Å². The largest absolute Gasteiger partial charge is 0.452 e. The zero-order valence-electron chi connectivity index (χ0n) is 14.8. The van der Waals surface area contributed by atoms with E-state index in [-0.39, 0.29) is 6.03 Å². The molecule has 0 spiro atoms. The topological polar surface area (TPSA) is 85.4 Å². The number of nitrogens with one attached hydrogen (secondary N) is 2. The number of hydrogen-bond donors (Lipinski definition) is 2. The number of pyridine rings is 2. The molecule has 0 aliphatic carbocycles. The van der Waals surface area contributed by atoms with E-state index in [1.807, 2.05) is 25.1 Å². The molecule has 3 heterocycles. The summed E-state index contributed by atoms with van der Waals surface area (Å²) in [4.78, 5) is 21.3. The van der Waals surface area contributed by atoms with Crippen LogP contribution in [0.3, 0.4) is 0 Å². The molecule has 7 nitrogen and oxygen atoms in total. The second kappa shape index (κ2) is 8.86. The lowest BCUT2D eigenvalue weighted by Crippen LogP contribution is -2.25. The first-order chi connectivity index (χ1) is 12.7. The van der Waals surface area contributed by atoms with Crippen LogP contribution in [0.25, 0.3) is 0 Å². The molecule has 0 aromatic carbocycles. The molecule has 138 valence electrons. The average Bonchev–Trinajstić information content (AvgIpc) is 2.66. The van der Waals surface area contributed by atoms with Crippen molar-refractivity contribution in [2.24, 2.45) is 0 Å². The van der Waals surface area contributed by atoms with E-state index in [0.29, 0.717) is 22.6 Å². The number of ether oxygens (including phenoxy) is 2. The van der Waals surface area contributed by atoms with Crippen molar-refractivity contribution < 1.29 is 14.3 Å². The second-order valence-corrected chi connectivity index (χ2v) is 7.21. The summed E-state index contributed by atoms with van der Waals surface area (Å²) < 4.78 is 11.4. The molecule has 0 unspecified atom stereocenters. The standard InChI is InChI=1S/C18H22N4O3S/c1-12-15(4-3-7-20-12)25-16-10-14(26-13-5-8-24-9-6-13)11-21-17(16)22-18(23)19-2/h3-4,7,10-11,13H,5-6,8-9H2,1-2H3,(H2,19,21,22,23). The van der Waals surface area contributed by atoms with Gasteiger partial charge in [-0.3, -0.25) is 10.3 Å². The molecule has 1 aliphatic rings. The lowest BCUT2D eigenvalue weighted by atomic mass is 10.2. The molecule has 3 rings (SSSR count). The fourth-order valence-electron chi connectivity index (χ4n) is 2.51. The van der Waals surface area contributed by atoms with Crippen molar-refractivity contribution in [2.75, 3.05) is 25.6 Å². The number of anilines is 1. The van der Waals surface area contributed by atoms with E-state index >= 15 is 0 Å². The highest BCUT2D eigenvalue weighted by Gasteiger charge is 2.18. The third-order valence-corrected chi connectivity index (χ3v) is 5.24. The minimum Gasteiger partial charge on any atom is -0.452 e. The van der Waals surface area contributed by atoms with Gasteiger partial charge in [0, 0.05) is 42.8 Å². The van der Waals surface area contributed by atoms with Crippen LogP contribution >= 0.6 is 11.8 Å². The highest BCUT2D eigenvalue weighted by Crippen LogP contribution is 2.36. The molecule has 0 atom stereocenters. The molecule has 1 saturated heterocycles. The molecule has 0 radical (unpaired) electrons. The van der Waals surface area contributed by atoms with E-state index in [9.17, 15) is 4.79 Å². The van der Waals surface area contributed by atoms with Crippen molar-refractivity contribution in [3.8, 4) is 11.5 Å². The normalized spacial score (nSPS) is 14.7. The number of urea groups is 1. The lowest BCUT2D eigenvalue weighted by molar-refractivity contribution is 0.100. The molecule has 0 saturated carbocycles. The third kappa shape index (κ3) is 4.86. The van der Waals surface area contributed by atoms with Gasteiger partial charge in [-0.25, -0.2) is 9.78 Å². The number of amides is 2. The van der Waals surface area contributed by atoms with E-state index in [2.05, 4.69) is 20.6 Å². The summed E-state index contributed by atoms with van der Waals surface area (Å²) in [5, 5.41) is 5.71. The zero-order chi connectivity index (χ0) is 18.4. The maximum Gasteiger partial charge on any atom is 0.320 e. The minimum atomic E-state index is -0.352. The summed E-state index contributed by atoms with van der Waals surface area (Å²) in [5.41, 5.74) is 0.765. The Bertz CT molecular complexity index is 766. The minimum absolute atomic E-state index is 0.352. The molecule has 2 aromatic heterocycles. The monoisotopic (exact) mass is 374 g/mol. The first-order valence-corrected chi connectivity index (χ1v) is 9.36. The van der Waals surface area contributed by atoms with Crippen molar-refractivity contribution in [1.82, 2.24) is 15.3 Å². The van der Waals surface area contributed by atoms with Crippen LogP contribution in [-0.2, 0) is 4.74 Å². The number of hydrogen-bond acceptors (Lipinski definition) is 6. The quantitative estimate of drug-likeness (QED) is 0.832. The van der Waals surface area contributed by atoms with Crippen LogP contribution in [-0.4, -0.2) is 41.5 Å². The van der Waals surface area contributed by atoms with Crippen molar-refractivity contribution in [3.05, 3.63) is 36.3 Å². The number of aromatic nitrogens is 2. The number of carbonyl (C=O) groups is 1. The van der Waals surface area contributed by atoms with Gasteiger partial charge in [0.2, 0.25) is 0 Å². The van der Waals surface area contributed by atoms with Gasteiger partial charge in [0.15, 0.2) is 11.6 Å². The van der Waals surface area contributed by atoms with Crippen LogP contribution in [0.1, 0.15) is 18.5 Å². The summed E-state index contributed by atoms with van der Waals surface area (Å²) in [6, 6.07) is 5.20. The maximum atomic E-state index is 11.7. The first kappa shape index (κ1) is 18.5. The Labute approximate surface area is 156 Å². The van der Waals surface area contributed by atoms with Gasteiger partial charge >= 0.3 is 6.03 Å². The average molecular weight is 374 g/mol. The SMILES string of the molecule is CNC(=O)Nc1ncc(SC2CCOCC2)cc1Oc1cccnc1C. The van der Waals surface area contributed by atoms with Crippen LogP contribution in [0.2, 0.25) is 0 Å². The maximum absolute atomic E-state index is 11.7. The fraction of sp³-hybridized carbons (Fsp3) is 0.389. The molecule has 1 aliphatic heterocycles. The summed E-state index contributed by atoms with van der Waals surface area (Å²) in [6.07, 6.45) is 5.50. The van der Waals surface area contributed by atoms with Gasteiger partial charge in [-0.2, -0.15) is 0 Å². The van der Waals surface area contributed by atoms with E-state index in [0.717, 1.165) is 36.6 Å². The van der Waals surface area contributed by atoms with E-state index < -0.39 is 0 Å². The number of nitrogens with zero attached hydrogens (tertiary/aromatic N) is 2. The van der Waals surface area contributed by atoms with Gasteiger partial charge in [0.25, 0.3) is 0 Å². The molecular formula is C18H22N4O3S. The molecule has 0 bridgehead atoms. The van der Waals surface area contributed by atoms with E-state index in [1.54, 1.807) is 31.2 Å². The molecule has 1 fully saturated rings. The molecule has 8 heteroatoms. The van der Waals surface area contributed by atoms with Crippen LogP contribution in [0.5, 0.6) is 11.5 Å². The molecule has 2 N–H and O–H groups in total. The van der Waals surface area contributed by atoms with Crippen molar-refractivity contribution in [2.45, 2.75) is 29.9 Å². The Kier molecular flexibility index (Phi) is 6.30. The predicted molar refractivity (Wildman–Crippen MR) is 101 cm³/mol. The van der Waals surface area contributed by atoms with Crippen LogP contribution in [0.15, 0.2) is 35.5 Å². The van der Waals surface area contributed by atoms with Gasteiger partial charge in [-0.1, -0.05) is 0 Å². The molecule has 26 heavy (non-hydrogen) atoms. The van der Waals surface area contributed by atoms with Crippen molar-refractivity contribution >= 4 is 23.6 Å². The van der Waals surface area contributed by atoms with Gasteiger partial charge < -0.3 is 14.8 Å². The highest BCUT2D eigenvalue weighted by molar-refractivity contribution is 8.00. The number of aryl methyl sites for hydroxylation is 1. The Morgan fingerprint density at radius 2 is 2.12 bits per heavy atom. The Morgan fingerprint density at radius 3 is 2.85 bits per heavy atom. The van der Waals surface area contributed by atoms with E-state index in [1.165, 1.54) is 0 Å². The zero-order valence-corrected chi connectivity index (χ0v) is 15.6. The number of carbonyl (C=O) groups excluding carboxylic acids is 1. The number of thioether (sulfide) groups is 1. The predicted octanol–water partition coefficient (Wildman–Crippen LogP) is 3.60. The Hall–Kier alpha value is -2.32. The first-order valence-electron chi connectivity index (χ1n) is 8.48. The fourth-order valence-corrected chi connectivity index (χ4v) is 3.62. The van der Waals surface area contributed by atoms with Crippen LogP contribution < -0.4 is 15.4 Å². The summed E-state index contributed by atoms with van der Waals surface area (Å²) in [6.45, 7) is 3.45. The smallest absolute Gasteiger partial charge is 0.320 e. The lowest BCUT2D eigenvalue weighted by Gasteiger charge is -2.21. The van der Waals surface area contributed by atoms with Gasteiger partial charge in [0.05, 0.1) is 5.69 Å². The van der Waals surface area contributed by atoms with Crippen LogP contribution in [0, 0.1) is 6.92 Å². The second-order valence-electron chi connectivity index (χ2n) is 5.84. The summed E-state index contributed by atoms with van der Waals surface area (Å²) >= 11 is 1.76.